The van der Waals surface area contributed by atoms with Crippen LogP contribution in [0.25, 0.3) is 0 Å². The largest absolute Gasteiger partial charge is 0.478 e. The SMILES string of the molecule is NC(=O)c1ccc(Cl)cc1.O=C(O)N1C2CCC1(C(=O)O)O2. The molecular formula is C13H13ClN2O6. The molecule has 2 unspecified atom stereocenters. The maximum absolute atomic E-state index is 10.6. The van der Waals surface area contributed by atoms with Crippen molar-refractivity contribution in [2.75, 3.05) is 0 Å². The number of amides is 2. The van der Waals surface area contributed by atoms with Crippen LogP contribution in [0.5, 0.6) is 0 Å². The second-order valence-electron chi connectivity index (χ2n) is 4.72. The van der Waals surface area contributed by atoms with Gasteiger partial charge in [0.2, 0.25) is 11.6 Å². The fourth-order valence-electron chi connectivity index (χ4n) is 2.36. The molecule has 4 N–H and O–H groups in total. The van der Waals surface area contributed by atoms with Crippen LogP contribution in [0.3, 0.4) is 0 Å². The molecule has 22 heavy (non-hydrogen) atoms. The average Bonchev–Trinajstić information content (AvgIpc) is 2.99. The minimum atomic E-state index is -1.57. The van der Waals surface area contributed by atoms with Crippen LogP contribution in [0.2, 0.25) is 5.02 Å². The maximum Gasteiger partial charge on any atom is 0.412 e. The summed E-state index contributed by atoms with van der Waals surface area (Å²) in [7, 11) is 0. The number of halogens is 1. The molecule has 0 spiro atoms. The van der Waals surface area contributed by atoms with Gasteiger partial charge in [0, 0.05) is 17.0 Å². The number of rotatable bonds is 2. The van der Waals surface area contributed by atoms with Gasteiger partial charge in [0.05, 0.1) is 0 Å². The summed E-state index contributed by atoms with van der Waals surface area (Å²) in [5.74, 6) is -1.66. The molecule has 2 amide bonds. The van der Waals surface area contributed by atoms with Gasteiger partial charge in [-0.1, -0.05) is 11.6 Å². The molecule has 3 fully saturated rings. The highest BCUT2D eigenvalue weighted by Crippen LogP contribution is 2.47. The predicted molar refractivity (Wildman–Crippen MR) is 74.3 cm³/mol. The number of carbonyl (C=O) groups is 3. The number of benzene rings is 1. The van der Waals surface area contributed by atoms with Gasteiger partial charge in [-0.2, -0.15) is 0 Å². The normalized spacial score (nSPS) is 24.8. The molecule has 8 nitrogen and oxygen atoms in total. The molecule has 3 aliphatic heterocycles. The number of carbonyl (C=O) groups excluding carboxylic acids is 1. The minimum absolute atomic E-state index is 0.249. The van der Waals surface area contributed by atoms with Gasteiger partial charge >= 0.3 is 12.1 Å². The number of fused-ring (bicyclic) bond motifs is 1. The Morgan fingerprint density at radius 3 is 2.23 bits per heavy atom. The summed E-state index contributed by atoms with van der Waals surface area (Å²) >= 11 is 5.56. The van der Waals surface area contributed by atoms with Crippen molar-refractivity contribution in [3.05, 3.63) is 34.9 Å². The van der Waals surface area contributed by atoms with Crippen LogP contribution in [0, 0.1) is 0 Å². The van der Waals surface area contributed by atoms with E-state index >= 15 is 0 Å². The molecule has 3 heterocycles. The Labute approximate surface area is 130 Å². The second-order valence-corrected chi connectivity index (χ2v) is 5.16. The molecule has 3 aliphatic rings. The highest BCUT2D eigenvalue weighted by molar-refractivity contribution is 6.30. The lowest BCUT2D eigenvalue weighted by Gasteiger charge is -2.45. The Bertz CT molecular complexity index is 615. The van der Waals surface area contributed by atoms with Crippen LogP contribution >= 0.6 is 11.6 Å². The molecule has 1 aromatic carbocycles. The van der Waals surface area contributed by atoms with Crippen molar-refractivity contribution < 1.29 is 29.3 Å². The molecule has 0 radical (unpaired) electrons. The smallest absolute Gasteiger partial charge is 0.412 e. The standard InChI is InChI=1S/C7H6ClNO.C6H7NO5/c8-6-3-1-5(2-4-6)7(9)10;8-4(9)6-2-1-3(12-6)7(6)5(10)11/h1-4H,(H2,9,10);3H,1-2H2,(H,8,9)(H,10,11). The molecule has 118 valence electrons. The van der Waals surface area contributed by atoms with Crippen LogP contribution in [-0.4, -0.2) is 45.0 Å². The van der Waals surface area contributed by atoms with Crippen LogP contribution < -0.4 is 5.73 Å². The lowest BCUT2D eigenvalue weighted by atomic mass is 10.1. The first kappa shape index (κ1) is 16.1. The Morgan fingerprint density at radius 1 is 1.27 bits per heavy atom. The van der Waals surface area contributed by atoms with Gasteiger partial charge in [0.1, 0.15) is 6.23 Å². The van der Waals surface area contributed by atoms with Gasteiger partial charge in [-0.05, 0) is 30.7 Å². The van der Waals surface area contributed by atoms with Gasteiger partial charge in [-0.3, -0.25) is 4.79 Å². The zero-order valence-electron chi connectivity index (χ0n) is 11.2. The average molecular weight is 329 g/mol. The zero-order chi connectivity index (χ0) is 16.5. The van der Waals surface area contributed by atoms with Gasteiger partial charge in [-0.25, -0.2) is 14.5 Å². The van der Waals surface area contributed by atoms with E-state index in [1.165, 1.54) is 0 Å². The van der Waals surface area contributed by atoms with Crippen molar-refractivity contribution in [1.29, 1.82) is 0 Å². The molecule has 0 aliphatic carbocycles. The van der Waals surface area contributed by atoms with Crippen LogP contribution in [-0.2, 0) is 9.53 Å². The third kappa shape index (κ3) is 2.70. The van der Waals surface area contributed by atoms with Crippen LogP contribution in [0.15, 0.2) is 24.3 Å². The van der Waals surface area contributed by atoms with E-state index in [0.717, 1.165) is 4.90 Å². The summed E-state index contributed by atoms with van der Waals surface area (Å²) in [6.07, 6.45) is -1.05. The van der Waals surface area contributed by atoms with E-state index in [2.05, 4.69) is 0 Å². The quantitative estimate of drug-likeness (QED) is 0.751. The summed E-state index contributed by atoms with van der Waals surface area (Å²) in [5, 5.41) is 17.9. The number of aliphatic carboxylic acids is 1. The second kappa shape index (κ2) is 5.82. The van der Waals surface area contributed by atoms with E-state index in [-0.39, 0.29) is 6.42 Å². The van der Waals surface area contributed by atoms with Gasteiger partial charge in [0.15, 0.2) is 0 Å². The van der Waals surface area contributed by atoms with Crippen molar-refractivity contribution >= 4 is 29.6 Å². The molecule has 2 bridgehead atoms. The van der Waals surface area contributed by atoms with Crippen LogP contribution in [0.4, 0.5) is 4.79 Å². The van der Waals surface area contributed by atoms with Crippen molar-refractivity contribution in [3.63, 3.8) is 0 Å². The Kier molecular flexibility index (Phi) is 4.25. The van der Waals surface area contributed by atoms with Crippen LogP contribution in [0.1, 0.15) is 23.2 Å². The summed E-state index contributed by atoms with van der Waals surface area (Å²) in [4.78, 5) is 32.5. The predicted octanol–water partition coefficient (Wildman–Crippen LogP) is 1.34. The fourth-order valence-corrected chi connectivity index (χ4v) is 2.48. The Hall–Kier alpha value is -2.32. The number of nitrogens with two attached hydrogens (primary N) is 1. The highest BCUT2D eigenvalue weighted by Gasteiger charge is 2.67. The van der Waals surface area contributed by atoms with E-state index in [9.17, 15) is 14.4 Å². The number of nitrogens with zero attached hydrogens (tertiary/aromatic N) is 1. The lowest BCUT2D eigenvalue weighted by molar-refractivity contribution is -0.282. The summed E-state index contributed by atoms with van der Waals surface area (Å²) in [5.41, 5.74) is 3.89. The van der Waals surface area contributed by atoms with E-state index in [0.29, 0.717) is 17.0 Å². The van der Waals surface area contributed by atoms with Gasteiger partial charge in [0.25, 0.3) is 0 Å². The molecule has 0 saturated carbocycles. The number of hydrogen-bond acceptors (Lipinski definition) is 4. The van der Waals surface area contributed by atoms with Crippen molar-refractivity contribution in [2.24, 2.45) is 5.73 Å². The Balaban J connectivity index is 0.000000164. The summed E-state index contributed by atoms with van der Waals surface area (Å²) in [6.45, 7) is 0. The first-order chi connectivity index (χ1) is 10.3. The monoisotopic (exact) mass is 328 g/mol. The molecule has 1 aromatic rings. The maximum atomic E-state index is 10.6. The van der Waals surface area contributed by atoms with Gasteiger partial charge in [-0.15, -0.1) is 0 Å². The van der Waals surface area contributed by atoms with E-state index in [4.69, 9.17) is 32.3 Å². The lowest BCUT2D eigenvalue weighted by Crippen LogP contribution is -2.67. The van der Waals surface area contributed by atoms with E-state index in [1.54, 1.807) is 24.3 Å². The topological polar surface area (TPSA) is 130 Å². The summed E-state index contributed by atoms with van der Waals surface area (Å²) in [6, 6.07) is 6.43. The molecule has 0 aromatic heterocycles. The molecule has 3 saturated heterocycles. The first-order valence-corrected chi connectivity index (χ1v) is 6.64. The molecule has 9 heteroatoms. The molecular weight excluding hydrogens is 316 g/mol. The van der Waals surface area contributed by atoms with Crippen molar-refractivity contribution in [3.8, 4) is 0 Å². The summed E-state index contributed by atoms with van der Waals surface area (Å²) < 4.78 is 4.92. The van der Waals surface area contributed by atoms with E-state index in [1.807, 2.05) is 0 Å². The fraction of sp³-hybridized carbons (Fsp3) is 0.308. The van der Waals surface area contributed by atoms with Gasteiger partial charge < -0.3 is 20.7 Å². The number of carboxylic acids is 1. The first-order valence-electron chi connectivity index (χ1n) is 6.27. The highest BCUT2D eigenvalue weighted by atomic mass is 35.5. The Morgan fingerprint density at radius 2 is 1.86 bits per heavy atom. The zero-order valence-corrected chi connectivity index (χ0v) is 12.0. The number of ether oxygens (including phenoxy) is 1. The van der Waals surface area contributed by atoms with Crippen molar-refractivity contribution in [2.45, 2.75) is 24.8 Å². The number of carboxylic acid groups (broad SMARTS) is 2. The third-order valence-corrected chi connectivity index (χ3v) is 3.66. The number of hydrogen-bond donors (Lipinski definition) is 3. The van der Waals surface area contributed by atoms with Crippen molar-refractivity contribution in [1.82, 2.24) is 4.90 Å². The number of primary amides is 1. The molecule has 4 rings (SSSR count). The third-order valence-electron chi connectivity index (χ3n) is 3.41. The van der Waals surface area contributed by atoms with E-state index < -0.39 is 29.9 Å². The molecule has 2 atom stereocenters. The minimum Gasteiger partial charge on any atom is -0.478 e.